The molecule has 0 aliphatic heterocycles. The zero-order valence-electron chi connectivity index (χ0n) is 14.6. The molecule has 0 aliphatic carbocycles. The van der Waals surface area contributed by atoms with Gasteiger partial charge in [0, 0.05) is 20.6 Å². The van der Waals surface area contributed by atoms with Crippen molar-refractivity contribution in [2.75, 3.05) is 14.1 Å². The molecule has 0 saturated heterocycles. The molecule has 0 saturated carbocycles. The number of nitrogens with two attached hydrogens (primary N) is 1. The van der Waals surface area contributed by atoms with Crippen molar-refractivity contribution >= 4 is 15.9 Å². The van der Waals surface area contributed by atoms with Crippen LogP contribution in [0.4, 0.5) is 0 Å². The van der Waals surface area contributed by atoms with Crippen molar-refractivity contribution < 1.29 is 13.2 Å². The maximum absolute atomic E-state index is 12.4. The number of benzene rings is 2. The van der Waals surface area contributed by atoms with Crippen molar-refractivity contribution in [2.45, 2.75) is 23.9 Å². The first-order chi connectivity index (χ1) is 11.7. The number of nitrogens with one attached hydrogen (secondary N) is 1. The zero-order valence-corrected chi connectivity index (χ0v) is 15.4. The highest BCUT2D eigenvalue weighted by molar-refractivity contribution is 7.89. The summed E-state index contributed by atoms with van der Waals surface area (Å²) in [4.78, 5) is 12.6. The second kappa shape index (κ2) is 7.35. The first-order valence-electron chi connectivity index (χ1n) is 7.80. The molecule has 0 aliphatic rings. The van der Waals surface area contributed by atoms with E-state index in [4.69, 9.17) is 5.73 Å². The maximum atomic E-state index is 12.4. The smallest absolute Gasteiger partial charge is 0.244 e. The Bertz CT molecular complexity index is 830. The molecule has 7 heteroatoms. The van der Waals surface area contributed by atoms with E-state index in [1.807, 2.05) is 18.2 Å². The highest BCUT2D eigenvalue weighted by Crippen LogP contribution is 2.18. The standard InChI is InChI=1S/C18H23N3O3S/c1-18(19,15-7-5-4-6-8-15)17(22)20-13-14-9-11-16(12-10-14)25(23,24)21(2)3/h4-12H,13,19H2,1-3H3,(H,20,22). The van der Waals surface area contributed by atoms with E-state index in [1.165, 1.54) is 26.2 Å². The highest BCUT2D eigenvalue weighted by atomic mass is 32.2. The first kappa shape index (κ1) is 19.1. The summed E-state index contributed by atoms with van der Waals surface area (Å²) in [6.45, 7) is 1.92. The largest absolute Gasteiger partial charge is 0.350 e. The predicted octanol–water partition coefficient (Wildman–Crippen LogP) is 1.43. The lowest BCUT2D eigenvalue weighted by Gasteiger charge is -2.24. The van der Waals surface area contributed by atoms with E-state index >= 15 is 0 Å². The number of sulfonamides is 1. The Morgan fingerprint density at radius 2 is 1.64 bits per heavy atom. The molecule has 0 heterocycles. The van der Waals surface area contributed by atoms with Gasteiger partial charge < -0.3 is 11.1 Å². The quantitative estimate of drug-likeness (QED) is 0.814. The van der Waals surface area contributed by atoms with Gasteiger partial charge in [0.05, 0.1) is 4.90 Å². The molecular weight excluding hydrogens is 338 g/mol. The van der Waals surface area contributed by atoms with Crippen LogP contribution in [0.25, 0.3) is 0 Å². The summed E-state index contributed by atoms with van der Waals surface area (Å²) in [5, 5.41) is 2.79. The van der Waals surface area contributed by atoms with Crippen LogP contribution in [-0.2, 0) is 26.9 Å². The molecule has 0 spiro atoms. The lowest BCUT2D eigenvalue weighted by Crippen LogP contribution is -2.48. The fourth-order valence-corrected chi connectivity index (χ4v) is 3.17. The molecule has 0 aromatic heterocycles. The van der Waals surface area contributed by atoms with Gasteiger partial charge in [0.2, 0.25) is 15.9 Å². The minimum absolute atomic E-state index is 0.209. The molecule has 0 radical (unpaired) electrons. The molecule has 2 aromatic carbocycles. The molecule has 1 amide bonds. The van der Waals surface area contributed by atoms with E-state index in [0.29, 0.717) is 0 Å². The summed E-state index contributed by atoms with van der Waals surface area (Å²) in [7, 11) is -0.496. The van der Waals surface area contributed by atoms with E-state index in [9.17, 15) is 13.2 Å². The van der Waals surface area contributed by atoms with Crippen LogP contribution in [0.15, 0.2) is 59.5 Å². The number of carbonyl (C=O) groups excluding carboxylic acids is 1. The van der Waals surface area contributed by atoms with Gasteiger partial charge in [-0.15, -0.1) is 0 Å². The average molecular weight is 361 g/mol. The lowest BCUT2D eigenvalue weighted by atomic mass is 9.92. The molecule has 1 unspecified atom stereocenters. The number of amides is 1. The first-order valence-corrected chi connectivity index (χ1v) is 9.24. The zero-order chi connectivity index (χ0) is 18.7. The van der Waals surface area contributed by atoms with Crippen molar-refractivity contribution in [2.24, 2.45) is 5.73 Å². The van der Waals surface area contributed by atoms with Gasteiger partial charge in [0.1, 0.15) is 5.54 Å². The Labute approximate surface area is 148 Å². The van der Waals surface area contributed by atoms with Crippen molar-refractivity contribution in [3.05, 3.63) is 65.7 Å². The van der Waals surface area contributed by atoms with Crippen molar-refractivity contribution in [1.82, 2.24) is 9.62 Å². The van der Waals surface area contributed by atoms with E-state index in [1.54, 1.807) is 31.2 Å². The van der Waals surface area contributed by atoms with E-state index in [-0.39, 0.29) is 17.3 Å². The van der Waals surface area contributed by atoms with Crippen LogP contribution in [0.2, 0.25) is 0 Å². The summed E-state index contributed by atoms with van der Waals surface area (Å²) >= 11 is 0. The van der Waals surface area contributed by atoms with Gasteiger partial charge >= 0.3 is 0 Å². The molecule has 3 N–H and O–H groups in total. The Hall–Kier alpha value is -2.22. The van der Waals surface area contributed by atoms with E-state index in [2.05, 4.69) is 5.32 Å². The third kappa shape index (κ3) is 4.25. The van der Waals surface area contributed by atoms with Crippen LogP contribution in [0, 0.1) is 0 Å². The van der Waals surface area contributed by atoms with Crippen LogP contribution < -0.4 is 11.1 Å². The number of hydrogen-bond acceptors (Lipinski definition) is 4. The van der Waals surface area contributed by atoms with Crippen LogP contribution in [-0.4, -0.2) is 32.7 Å². The molecule has 0 fully saturated rings. The summed E-state index contributed by atoms with van der Waals surface area (Å²) in [5.41, 5.74) is 6.53. The Kier molecular flexibility index (Phi) is 5.62. The van der Waals surface area contributed by atoms with Crippen LogP contribution in [0.1, 0.15) is 18.1 Å². The van der Waals surface area contributed by atoms with E-state index in [0.717, 1.165) is 15.4 Å². The van der Waals surface area contributed by atoms with Gasteiger partial charge in [0.15, 0.2) is 0 Å². The molecular formula is C18H23N3O3S. The highest BCUT2D eigenvalue weighted by Gasteiger charge is 2.30. The van der Waals surface area contributed by atoms with Crippen LogP contribution in [0.3, 0.4) is 0 Å². The van der Waals surface area contributed by atoms with Gasteiger partial charge in [0.25, 0.3) is 0 Å². The topological polar surface area (TPSA) is 92.5 Å². The number of nitrogens with zero attached hydrogens (tertiary/aromatic N) is 1. The second-order valence-electron chi connectivity index (χ2n) is 6.18. The Balaban J connectivity index is 2.05. The van der Waals surface area contributed by atoms with Gasteiger partial charge in [-0.05, 0) is 30.2 Å². The fraction of sp³-hybridized carbons (Fsp3) is 0.278. The number of rotatable bonds is 6. The summed E-state index contributed by atoms with van der Waals surface area (Å²) in [6.07, 6.45) is 0. The third-order valence-electron chi connectivity index (χ3n) is 4.00. The number of hydrogen-bond donors (Lipinski definition) is 2. The lowest BCUT2D eigenvalue weighted by molar-refractivity contribution is -0.126. The van der Waals surface area contributed by atoms with Crippen molar-refractivity contribution in [3.63, 3.8) is 0 Å². The number of carbonyl (C=O) groups is 1. The molecule has 25 heavy (non-hydrogen) atoms. The van der Waals surface area contributed by atoms with Gasteiger partial charge in [-0.2, -0.15) is 0 Å². The monoisotopic (exact) mass is 361 g/mol. The molecule has 0 bridgehead atoms. The maximum Gasteiger partial charge on any atom is 0.244 e. The molecule has 2 rings (SSSR count). The van der Waals surface area contributed by atoms with Crippen molar-refractivity contribution in [1.29, 1.82) is 0 Å². The summed E-state index contributed by atoms with van der Waals surface area (Å²) < 4.78 is 25.2. The van der Waals surface area contributed by atoms with E-state index < -0.39 is 15.6 Å². The minimum Gasteiger partial charge on any atom is -0.350 e. The summed E-state index contributed by atoms with van der Waals surface area (Å²) in [5.74, 6) is -0.302. The SMILES string of the molecule is CN(C)S(=O)(=O)c1ccc(CNC(=O)C(C)(N)c2ccccc2)cc1. The summed E-state index contributed by atoms with van der Waals surface area (Å²) in [6, 6.07) is 15.5. The molecule has 1 atom stereocenters. The van der Waals surface area contributed by atoms with Gasteiger partial charge in [-0.3, -0.25) is 4.79 Å². The normalized spacial score (nSPS) is 14.1. The predicted molar refractivity (Wildman–Crippen MR) is 97.1 cm³/mol. The van der Waals surface area contributed by atoms with Crippen LogP contribution in [0.5, 0.6) is 0 Å². The Morgan fingerprint density at radius 1 is 1.08 bits per heavy atom. The Morgan fingerprint density at radius 3 is 2.16 bits per heavy atom. The average Bonchev–Trinajstić information content (AvgIpc) is 2.60. The second-order valence-corrected chi connectivity index (χ2v) is 8.33. The van der Waals surface area contributed by atoms with Gasteiger partial charge in [-0.1, -0.05) is 42.5 Å². The fourth-order valence-electron chi connectivity index (χ4n) is 2.27. The third-order valence-corrected chi connectivity index (χ3v) is 5.83. The molecule has 6 nitrogen and oxygen atoms in total. The van der Waals surface area contributed by atoms with Crippen molar-refractivity contribution in [3.8, 4) is 0 Å². The van der Waals surface area contributed by atoms with Crippen LogP contribution >= 0.6 is 0 Å². The molecule has 134 valence electrons. The van der Waals surface area contributed by atoms with Gasteiger partial charge in [-0.25, -0.2) is 12.7 Å². The minimum atomic E-state index is -3.46. The molecule has 2 aromatic rings.